The molecule has 0 bridgehead atoms. The van der Waals surface area contributed by atoms with E-state index in [1.54, 1.807) is 0 Å². The van der Waals surface area contributed by atoms with Gasteiger partial charge in [-0.15, -0.1) is 0 Å². The Hall–Kier alpha value is -0.740. The summed E-state index contributed by atoms with van der Waals surface area (Å²) in [4.78, 5) is 0. The molecular weight excluding hydrogens is 295 g/mol. The summed E-state index contributed by atoms with van der Waals surface area (Å²) in [6.07, 6.45) is 0.956. The number of nitrogens with one attached hydrogen (secondary N) is 1. The third-order valence-corrected chi connectivity index (χ3v) is 2.97. The molecule has 0 radical (unpaired) electrons. The SMILES string of the molecule is CC(C)(C)CCNc1cc(Cl)c(OC(F)F)c(Cl)c1. The third kappa shape index (κ3) is 5.83. The van der Waals surface area contributed by atoms with Crippen LogP contribution in [0.4, 0.5) is 14.5 Å². The highest BCUT2D eigenvalue weighted by atomic mass is 35.5. The topological polar surface area (TPSA) is 21.3 Å². The summed E-state index contributed by atoms with van der Waals surface area (Å²) in [5.41, 5.74) is 0.889. The Balaban J connectivity index is 2.72. The standard InChI is InChI=1S/C13H17Cl2F2NO/c1-13(2,3)4-5-18-8-6-9(14)11(10(15)7-8)19-12(16)17/h6-7,12,18H,4-5H2,1-3H3. The molecule has 0 spiro atoms. The summed E-state index contributed by atoms with van der Waals surface area (Å²) in [5.74, 6) is -0.195. The van der Waals surface area contributed by atoms with Gasteiger partial charge in [-0.2, -0.15) is 8.78 Å². The van der Waals surface area contributed by atoms with Gasteiger partial charge in [0.2, 0.25) is 0 Å². The number of hydrogen-bond acceptors (Lipinski definition) is 2. The molecular formula is C13H17Cl2F2NO. The van der Waals surface area contributed by atoms with Crippen molar-refractivity contribution < 1.29 is 13.5 Å². The van der Waals surface area contributed by atoms with E-state index in [1.165, 1.54) is 12.1 Å². The molecule has 1 rings (SSSR count). The van der Waals surface area contributed by atoms with E-state index in [2.05, 4.69) is 30.8 Å². The van der Waals surface area contributed by atoms with Crippen molar-refractivity contribution >= 4 is 28.9 Å². The zero-order valence-electron chi connectivity index (χ0n) is 11.1. The Morgan fingerprint density at radius 3 is 2.16 bits per heavy atom. The summed E-state index contributed by atoms with van der Waals surface area (Å²) in [6.45, 7) is 4.19. The summed E-state index contributed by atoms with van der Waals surface area (Å²) in [5, 5.41) is 3.27. The minimum absolute atomic E-state index is 0.0612. The molecule has 0 unspecified atom stereocenters. The van der Waals surface area contributed by atoms with Gasteiger partial charge in [-0.05, 0) is 24.0 Å². The molecule has 0 aliphatic rings. The molecule has 108 valence electrons. The van der Waals surface area contributed by atoms with E-state index < -0.39 is 6.61 Å². The minimum Gasteiger partial charge on any atom is -0.432 e. The van der Waals surface area contributed by atoms with Gasteiger partial charge in [-0.1, -0.05) is 44.0 Å². The average molecular weight is 312 g/mol. The van der Waals surface area contributed by atoms with Crippen LogP contribution in [0.2, 0.25) is 10.0 Å². The summed E-state index contributed by atoms with van der Waals surface area (Å²) in [6, 6.07) is 3.04. The first-order valence-corrected chi connectivity index (χ1v) is 6.62. The first-order valence-electron chi connectivity index (χ1n) is 5.87. The smallest absolute Gasteiger partial charge is 0.387 e. The van der Waals surface area contributed by atoms with E-state index in [9.17, 15) is 8.78 Å². The predicted molar refractivity (Wildman–Crippen MR) is 75.7 cm³/mol. The van der Waals surface area contributed by atoms with Crippen LogP contribution in [0.1, 0.15) is 27.2 Å². The van der Waals surface area contributed by atoms with E-state index in [1.807, 2.05) is 0 Å². The van der Waals surface area contributed by atoms with Gasteiger partial charge < -0.3 is 10.1 Å². The monoisotopic (exact) mass is 311 g/mol. The lowest BCUT2D eigenvalue weighted by Crippen LogP contribution is -2.13. The molecule has 0 aromatic heterocycles. The number of alkyl halides is 2. The lowest BCUT2D eigenvalue weighted by molar-refractivity contribution is -0.0497. The highest BCUT2D eigenvalue weighted by Gasteiger charge is 2.15. The Labute approximate surface area is 122 Å². The maximum Gasteiger partial charge on any atom is 0.387 e. The van der Waals surface area contributed by atoms with Crippen molar-refractivity contribution in [3.05, 3.63) is 22.2 Å². The van der Waals surface area contributed by atoms with Crippen molar-refractivity contribution in [1.82, 2.24) is 0 Å². The molecule has 2 nitrogen and oxygen atoms in total. The van der Waals surface area contributed by atoms with Gasteiger partial charge in [-0.25, -0.2) is 0 Å². The van der Waals surface area contributed by atoms with Crippen LogP contribution in [0.25, 0.3) is 0 Å². The second-order valence-electron chi connectivity index (χ2n) is 5.38. The molecule has 0 amide bonds. The Bertz CT molecular complexity index is 410. The fourth-order valence-electron chi connectivity index (χ4n) is 1.45. The predicted octanol–water partition coefficient (Wildman–Crippen LogP) is 5.44. The van der Waals surface area contributed by atoms with Crippen LogP contribution in [0.5, 0.6) is 5.75 Å². The van der Waals surface area contributed by atoms with E-state index in [4.69, 9.17) is 23.2 Å². The maximum absolute atomic E-state index is 12.2. The van der Waals surface area contributed by atoms with Crippen LogP contribution >= 0.6 is 23.2 Å². The minimum atomic E-state index is -2.95. The van der Waals surface area contributed by atoms with Crippen LogP contribution in [0, 0.1) is 5.41 Å². The summed E-state index contributed by atoms with van der Waals surface area (Å²) in [7, 11) is 0. The molecule has 19 heavy (non-hydrogen) atoms. The maximum atomic E-state index is 12.2. The van der Waals surface area contributed by atoms with E-state index in [0.29, 0.717) is 5.69 Å². The van der Waals surface area contributed by atoms with Crippen LogP contribution in [0.15, 0.2) is 12.1 Å². The molecule has 0 saturated heterocycles. The lowest BCUT2D eigenvalue weighted by atomic mass is 9.92. The Kier molecular flexibility index (Phi) is 5.68. The first-order chi connectivity index (χ1) is 8.69. The molecule has 0 aliphatic heterocycles. The fourth-order valence-corrected chi connectivity index (χ4v) is 2.02. The van der Waals surface area contributed by atoms with Gasteiger partial charge in [0.15, 0.2) is 5.75 Å². The van der Waals surface area contributed by atoms with Crippen LogP contribution in [-0.4, -0.2) is 13.2 Å². The highest BCUT2D eigenvalue weighted by Crippen LogP contribution is 2.37. The van der Waals surface area contributed by atoms with Gasteiger partial charge in [0.1, 0.15) is 0 Å². The van der Waals surface area contributed by atoms with Crippen molar-refractivity contribution in [1.29, 1.82) is 0 Å². The normalized spacial score (nSPS) is 11.8. The molecule has 1 aromatic carbocycles. The highest BCUT2D eigenvalue weighted by molar-refractivity contribution is 6.37. The molecule has 0 atom stereocenters. The van der Waals surface area contributed by atoms with Crippen LogP contribution in [-0.2, 0) is 0 Å². The molecule has 6 heteroatoms. The molecule has 0 aliphatic carbocycles. The van der Waals surface area contributed by atoms with Gasteiger partial charge in [0.05, 0.1) is 10.0 Å². The average Bonchev–Trinajstić information content (AvgIpc) is 2.21. The third-order valence-electron chi connectivity index (χ3n) is 2.41. The molecule has 1 aromatic rings. The number of benzene rings is 1. The number of anilines is 1. The van der Waals surface area contributed by atoms with E-state index >= 15 is 0 Å². The molecule has 0 saturated carbocycles. The van der Waals surface area contributed by atoms with E-state index in [0.717, 1.165) is 13.0 Å². The Morgan fingerprint density at radius 1 is 1.21 bits per heavy atom. The second-order valence-corrected chi connectivity index (χ2v) is 6.20. The van der Waals surface area contributed by atoms with Crippen LogP contribution < -0.4 is 10.1 Å². The van der Waals surface area contributed by atoms with Crippen LogP contribution in [0.3, 0.4) is 0 Å². The summed E-state index contributed by atoms with van der Waals surface area (Å²) < 4.78 is 28.6. The van der Waals surface area contributed by atoms with Crippen molar-refractivity contribution in [2.24, 2.45) is 5.41 Å². The van der Waals surface area contributed by atoms with Crippen molar-refractivity contribution in [2.45, 2.75) is 33.8 Å². The van der Waals surface area contributed by atoms with Crippen molar-refractivity contribution in [3.63, 3.8) is 0 Å². The van der Waals surface area contributed by atoms with Gasteiger partial charge in [-0.3, -0.25) is 0 Å². The van der Waals surface area contributed by atoms with E-state index in [-0.39, 0.29) is 21.2 Å². The zero-order valence-corrected chi connectivity index (χ0v) is 12.6. The summed E-state index contributed by atoms with van der Waals surface area (Å²) >= 11 is 11.7. The number of ether oxygens (including phenoxy) is 1. The second kappa shape index (κ2) is 6.62. The van der Waals surface area contributed by atoms with Gasteiger partial charge in [0, 0.05) is 12.2 Å². The Morgan fingerprint density at radius 2 is 1.74 bits per heavy atom. The van der Waals surface area contributed by atoms with Gasteiger partial charge >= 0.3 is 6.61 Å². The quantitative estimate of drug-likeness (QED) is 0.781. The van der Waals surface area contributed by atoms with Gasteiger partial charge in [0.25, 0.3) is 0 Å². The number of rotatable bonds is 5. The number of halogens is 4. The largest absolute Gasteiger partial charge is 0.432 e. The first kappa shape index (κ1) is 16.3. The van der Waals surface area contributed by atoms with Crippen molar-refractivity contribution in [2.75, 3.05) is 11.9 Å². The van der Waals surface area contributed by atoms with Crippen molar-refractivity contribution in [3.8, 4) is 5.75 Å². The fraction of sp³-hybridized carbons (Fsp3) is 0.538. The molecule has 0 heterocycles. The lowest BCUT2D eigenvalue weighted by Gasteiger charge is -2.19. The zero-order chi connectivity index (χ0) is 14.6. The molecule has 1 N–H and O–H groups in total. The number of hydrogen-bond donors (Lipinski definition) is 1. The molecule has 0 fully saturated rings.